The average molecular weight is 237 g/mol. The number of halogens is 1. The lowest BCUT2D eigenvalue weighted by Crippen LogP contribution is -2.35. The molecule has 17 heavy (non-hydrogen) atoms. The Morgan fingerprint density at radius 1 is 1.35 bits per heavy atom. The molecular formula is C13H16FNO2. The van der Waals surface area contributed by atoms with Crippen molar-refractivity contribution in [2.45, 2.75) is 31.1 Å². The first-order valence-electron chi connectivity index (χ1n) is 6.08. The SMILES string of the molecule is OC1COC(C2CCCN2)c2ccc(F)cc21. The second-order valence-corrected chi connectivity index (χ2v) is 4.75. The van der Waals surface area contributed by atoms with Gasteiger partial charge in [-0.3, -0.25) is 0 Å². The molecule has 3 nitrogen and oxygen atoms in total. The summed E-state index contributed by atoms with van der Waals surface area (Å²) in [5.74, 6) is -0.303. The zero-order valence-corrected chi connectivity index (χ0v) is 9.53. The van der Waals surface area contributed by atoms with E-state index in [4.69, 9.17) is 4.74 Å². The van der Waals surface area contributed by atoms with Crippen LogP contribution in [0.4, 0.5) is 4.39 Å². The average Bonchev–Trinajstić information content (AvgIpc) is 2.84. The normalized spacial score (nSPS) is 32.5. The van der Waals surface area contributed by atoms with E-state index >= 15 is 0 Å². The lowest BCUT2D eigenvalue weighted by atomic mass is 9.91. The lowest BCUT2D eigenvalue weighted by Gasteiger charge is -2.33. The fourth-order valence-electron chi connectivity index (χ4n) is 2.77. The van der Waals surface area contributed by atoms with Gasteiger partial charge in [-0.05, 0) is 42.6 Å². The molecule has 0 aromatic heterocycles. The van der Waals surface area contributed by atoms with Gasteiger partial charge in [0.05, 0.1) is 12.7 Å². The fourth-order valence-corrected chi connectivity index (χ4v) is 2.77. The summed E-state index contributed by atoms with van der Waals surface area (Å²) in [6, 6.07) is 4.87. The van der Waals surface area contributed by atoms with Crippen LogP contribution in [-0.2, 0) is 4.74 Å². The third kappa shape index (κ3) is 1.97. The number of aliphatic hydroxyl groups is 1. The van der Waals surface area contributed by atoms with Crippen LogP contribution in [0.15, 0.2) is 18.2 Å². The molecule has 3 unspecified atom stereocenters. The summed E-state index contributed by atoms with van der Waals surface area (Å²) < 4.78 is 18.9. The Kier molecular flexibility index (Phi) is 2.86. The number of benzene rings is 1. The van der Waals surface area contributed by atoms with E-state index in [0.717, 1.165) is 24.9 Å². The summed E-state index contributed by atoms with van der Waals surface area (Å²) in [7, 11) is 0. The molecule has 2 aliphatic heterocycles. The van der Waals surface area contributed by atoms with Crippen LogP contribution in [0.1, 0.15) is 36.2 Å². The maximum atomic E-state index is 13.2. The summed E-state index contributed by atoms with van der Waals surface area (Å²) in [4.78, 5) is 0. The highest BCUT2D eigenvalue weighted by Gasteiger charge is 2.33. The highest BCUT2D eigenvalue weighted by atomic mass is 19.1. The molecule has 4 heteroatoms. The highest BCUT2D eigenvalue weighted by Crippen LogP contribution is 2.36. The molecule has 3 atom stereocenters. The number of fused-ring (bicyclic) bond motifs is 1. The standard InChI is InChI=1S/C13H16FNO2/c14-8-3-4-9-10(6-8)12(16)7-17-13(9)11-2-1-5-15-11/h3-4,6,11-13,15-16H,1-2,5,7H2. The smallest absolute Gasteiger partial charge is 0.123 e. The van der Waals surface area contributed by atoms with Gasteiger partial charge in [0.1, 0.15) is 11.9 Å². The maximum absolute atomic E-state index is 13.2. The van der Waals surface area contributed by atoms with Crippen LogP contribution in [0.5, 0.6) is 0 Å². The first kappa shape index (κ1) is 11.1. The Morgan fingerprint density at radius 3 is 3.00 bits per heavy atom. The largest absolute Gasteiger partial charge is 0.386 e. The molecule has 2 heterocycles. The molecule has 1 saturated heterocycles. The molecule has 0 saturated carbocycles. The van der Waals surface area contributed by atoms with Crippen molar-refractivity contribution in [3.63, 3.8) is 0 Å². The second kappa shape index (κ2) is 4.37. The zero-order chi connectivity index (χ0) is 11.8. The number of hydrogen-bond donors (Lipinski definition) is 2. The molecule has 3 rings (SSSR count). The molecule has 1 fully saturated rings. The van der Waals surface area contributed by atoms with E-state index in [1.165, 1.54) is 12.1 Å². The summed E-state index contributed by atoms with van der Waals surface area (Å²) >= 11 is 0. The quantitative estimate of drug-likeness (QED) is 0.781. The van der Waals surface area contributed by atoms with Gasteiger partial charge in [0.25, 0.3) is 0 Å². The molecule has 92 valence electrons. The lowest BCUT2D eigenvalue weighted by molar-refractivity contribution is -0.0435. The predicted molar refractivity (Wildman–Crippen MR) is 61.1 cm³/mol. The summed E-state index contributed by atoms with van der Waals surface area (Å²) in [6.07, 6.45) is 1.44. The van der Waals surface area contributed by atoms with Gasteiger partial charge >= 0.3 is 0 Å². The second-order valence-electron chi connectivity index (χ2n) is 4.75. The van der Waals surface area contributed by atoms with Crippen molar-refractivity contribution >= 4 is 0 Å². The van der Waals surface area contributed by atoms with E-state index < -0.39 is 6.10 Å². The first-order valence-corrected chi connectivity index (χ1v) is 6.08. The molecule has 0 aliphatic carbocycles. The molecule has 0 spiro atoms. The predicted octanol–water partition coefficient (Wildman–Crippen LogP) is 1.68. The Morgan fingerprint density at radius 2 is 2.24 bits per heavy atom. The number of ether oxygens (including phenoxy) is 1. The van der Waals surface area contributed by atoms with E-state index in [1.54, 1.807) is 6.07 Å². The van der Waals surface area contributed by atoms with E-state index in [0.29, 0.717) is 5.56 Å². The minimum Gasteiger partial charge on any atom is -0.386 e. The van der Waals surface area contributed by atoms with Crippen molar-refractivity contribution in [3.05, 3.63) is 35.1 Å². The molecular weight excluding hydrogens is 221 g/mol. The number of rotatable bonds is 1. The molecule has 0 bridgehead atoms. The monoisotopic (exact) mass is 237 g/mol. The van der Waals surface area contributed by atoms with Crippen molar-refractivity contribution in [2.24, 2.45) is 0 Å². The Balaban J connectivity index is 1.96. The van der Waals surface area contributed by atoms with Crippen molar-refractivity contribution < 1.29 is 14.2 Å². The minimum absolute atomic E-state index is 0.0588. The van der Waals surface area contributed by atoms with Gasteiger partial charge in [-0.25, -0.2) is 4.39 Å². The van der Waals surface area contributed by atoms with Crippen LogP contribution in [0, 0.1) is 5.82 Å². The van der Waals surface area contributed by atoms with Crippen LogP contribution in [0.25, 0.3) is 0 Å². The molecule has 1 aromatic carbocycles. The Labute approximate surface area is 99.6 Å². The maximum Gasteiger partial charge on any atom is 0.123 e. The first-order chi connectivity index (χ1) is 8.25. The number of aliphatic hydroxyl groups excluding tert-OH is 1. The van der Waals surface area contributed by atoms with Crippen LogP contribution < -0.4 is 5.32 Å². The fraction of sp³-hybridized carbons (Fsp3) is 0.538. The summed E-state index contributed by atoms with van der Waals surface area (Å²) in [5, 5.41) is 13.2. The Bertz CT molecular complexity index is 418. The van der Waals surface area contributed by atoms with Gasteiger partial charge in [-0.15, -0.1) is 0 Å². The van der Waals surface area contributed by atoms with E-state index in [2.05, 4.69) is 5.32 Å². The molecule has 2 aliphatic rings. The van der Waals surface area contributed by atoms with Crippen molar-refractivity contribution in [1.82, 2.24) is 5.32 Å². The molecule has 0 amide bonds. The van der Waals surface area contributed by atoms with Crippen molar-refractivity contribution in [3.8, 4) is 0 Å². The summed E-state index contributed by atoms with van der Waals surface area (Å²) in [5.41, 5.74) is 1.60. The number of hydrogen-bond acceptors (Lipinski definition) is 3. The third-order valence-corrected chi connectivity index (χ3v) is 3.61. The van der Waals surface area contributed by atoms with Gasteiger partial charge in [-0.1, -0.05) is 6.07 Å². The van der Waals surface area contributed by atoms with Crippen LogP contribution in [0.2, 0.25) is 0 Å². The Hall–Kier alpha value is -0.970. The minimum atomic E-state index is -0.710. The van der Waals surface area contributed by atoms with Gasteiger partial charge in [0, 0.05) is 6.04 Å². The van der Waals surface area contributed by atoms with E-state index in [9.17, 15) is 9.50 Å². The van der Waals surface area contributed by atoms with Gasteiger partial charge in [0.15, 0.2) is 0 Å². The van der Waals surface area contributed by atoms with Gasteiger partial charge < -0.3 is 15.2 Å². The van der Waals surface area contributed by atoms with Crippen LogP contribution >= 0.6 is 0 Å². The molecule has 2 N–H and O–H groups in total. The molecule has 1 aromatic rings. The summed E-state index contributed by atoms with van der Waals surface area (Å²) in [6.45, 7) is 1.25. The number of nitrogens with one attached hydrogen (secondary N) is 1. The highest BCUT2D eigenvalue weighted by molar-refractivity contribution is 5.34. The van der Waals surface area contributed by atoms with Crippen LogP contribution in [0.3, 0.4) is 0 Å². The van der Waals surface area contributed by atoms with E-state index in [-0.39, 0.29) is 24.6 Å². The van der Waals surface area contributed by atoms with Crippen molar-refractivity contribution in [2.75, 3.05) is 13.2 Å². The topological polar surface area (TPSA) is 41.5 Å². The van der Waals surface area contributed by atoms with E-state index in [1.807, 2.05) is 0 Å². The molecule has 0 radical (unpaired) electrons. The van der Waals surface area contributed by atoms with Crippen LogP contribution in [-0.4, -0.2) is 24.3 Å². The van der Waals surface area contributed by atoms with Gasteiger partial charge in [0.2, 0.25) is 0 Å². The zero-order valence-electron chi connectivity index (χ0n) is 9.53. The third-order valence-electron chi connectivity index (χ3n) is 3.61. The van der Waals surface area contributed by atoms with Crippen molar-refractivity contribution in [1.29, 1.82) is 0 Å². The van der Waals surface area contributed by atoms with Gasteiger partial charge in [-0.2, -0.15) is 0 Å².